The molecule has 0 aliphatic rings. The number of carbonyl (C=O) groups is 1. The molecule has 2 aromatic carbocycles. The van der Waals surface area contributed by atoms with Crippen molar-refractivity contribution in [2.75, 3.05) is 18.5 Å². The molecule has 0 N–H and O–H groups in total. The number of Topliss-reactive ketones (excluding diaryl/α,β-unsaturated/α-hetero) is 1. The van der Waals surface area contributed by atoms with E-state index in [1.165, 1.54) is 6.07 Å². The summed E-state index contributed by atoms with van der Waals surface area (Å²) in [6, 6.07) is 15.4. The van der Waals surface area contributed by atoms with Crippen LogP contribution in [0.1, 0.15) is 10.4 Å². The van der Waals surface area contributed by atoms with Crippen molar-refractivity contribution < 1.29 is 9.18 Å². The third-order valence-corrected chi connectivity index (χ3v) is 2.74. The Balaban J connectivity index is 2.11. The second-order valence-corrected chi connectivity index (χ2v) is 4.10. The lowest BCUT2D eigenvalue weighted by Crippen LogP contribution is -2.26. The maximum Gasteiger partial charge on any atom is 0.182 e. The minimum Gasteiger partial charge on any atom is -0.365 e. The summed E-state index contributed by atoms with van der Waals surface area (Å²) < 4.78 is 13.5. The predicted octanol–water partition coefficient (Wildman–Crippen LogP) is 3.14. The van der Waals surface area contributed by atoms with E-state index in [0.717, 1.165) is 0 Å². The minimum atomic E-state index is -0.319. The summed E-state index contributed by atoms with van der Waals surface area (Å²) in [6.45, 7) is 0.158. The first-order chi connectivity index (χ1) is 8.68. The van der Waals surface area contributed by atoms with Crippen LogP contribution in [-0.2, 0) is 0 Å². The lowest BCUT2D eigenvalue weighted by molar-refractivity contribution is 0.100. The zero-order chi connectivity index (χ0) is 13.0. The molecule has 0 aromatic heterocycles. The molecule has 0 bridgehead atoms. The van der Waals surface area contributed by atoms with Crippen LogP contribution in [0.25, 0.3) is 0 Å². The third kappa shape index (κ3) is 2.74. The standard InChI is InChI=1S/C15H14FNO/c1-17(14-10-6-5-9-13(14)16)11-15(18)12-7-3-2-4-8-12/h2-10H,11H2,1H3. The molecule has 0 atom stereocenters. The number of benzene rings is 2. The van der Waals surface area contributed by atoms with Gasteiger partial charge in [-0.05, 0) is 12.1 Å². The van der Waals surface area contributed by atoms with Gasteiger partial charge in [-0.3, -0.25) is 4.79 Å². The highest BCUT2D eigenvalue weighted by molar-refractivity contribution is 5.99. The molecule has 0 heterocycles. The summed E-state index contributed by atoms with van der Waals surface area (Å²) in [4.78, 5) is 13.6. The molecule has 2 nitrogen and oxygen atoms in total. The molecule has 0 spiro atoms. The van der Waals surface area contributed by atoms with Gasteiger partial charge in [-0.25, -0.2) is 4.39 Å². The Morgan fingerprint density at radius 3 is 2.33 bits per heavy atom. The van der Waals surface area contributed by atoms with Gasteiger partial charge in [0, 0.05) is 12.6 Å². The van der Waals surface area contributed by atoms with Crippen molar-refractivity contribution in [3.63, 3.8) is 0 Å². The summed E-state index contributed by atoms with van der Waals surface area (Å²) in [5.41, 5.74) is 1.07. The van der Waals surface area contributed by atoms with E-state index in [1.807, 2.05) is 18.2 Å². The first kappa shape index (κ1) is 12.3. The Labute approximate surface area is 106 Å². The van der Waals surface area contributed by atoms with Crippen molar-refractivity contribution in [3.05, 3.63) is 66.0 Å². The molecule has 0 fully saturated rings. The largest absolute Gasteiger partial charge is 0.365 e. The minimum absolute atomic E-state index is 0.0265. The lowest BCUT2D eigenvalue weighted by Gasteiger charge is -2.18. The van der Waals surface area contributed by atoms with Crippen LogP contribution in [0.4, 0.5) is 10.1 Å². The normalized spacial score (nSPS) is 10.1. The van der Waals surface area contributed by atoms with Crippen LogP contribution < -0.4 is 4.90 Å². The van der Waals surface area contributed by atoms with E-state index >= 15 is 0 Å². The number of para-hydroxylation sites is 1. The molecule has 0 saturated carbocycles. The molecule has 0 aliphatic carbocycles. The summed E-state index contributed by atoms with van der Waals surface area (Å²) >= 11 is 0. The molecule has 0 radical (unpaired) electrons. The van der Waals surface area contributed by atoms with Gasteiger partial charge in [-0.15, -0.1) is 0 Å². The molecule has 18 heavy (non-hydrogen) atoms. The van der Waals surface area contributed by atoms with Gasteiger partial charge in [0.05, 0.1) is 12.2 Å². The Hall–Kier alpha value is -2.16. The SMILES string of the molecule is CN(CC(=O)c1ccccc1)c1ccccc1F. The van der Waals surface area contributed by atoms with Crippen molar-refractivity contribution >= 4 is 11.5 Å². The highest BCUT2D eigenvalue weighted by Gasteiger charge is 2.12. The van der Waals surface area contributed by atoms with Gasteiger partial charge in [0.15, 0.2) is 5.78 Å². The number of likely N-dealkylation sites (N-methyl/N-ethyl adjacent to an activating group) is 1. The Morgan fingerprint density at radius 1 is 1.06 bits per heavy atom. The van der Waals surface area contributed by atoms with Crippen molar-refractivity contribution in [3.8, 4) is 0 Å². The first-order valence-electron chi connectivity index (χ1n) is 5.72. The summed E-state index contributed by atoms with van der Waals surface area (Å²) in [7, 11) is 1.71. The van der Waals surface area contributed by atoms with Crippen LogP contribution in [0.3, 0.4) is 0 Å². The van der Waals surface area contributed by atoms with Gasteiger partial charge in [0.1, 0.15) is 5.82 Å². The molecule has 0 amide bonds. The van der Waals surface area contributed by atoms with Gasteiger partial charge < -0.3 is 4.90 Å². The Kier molecular flexibility index (Phi) is 3.72. The van der Waals surface area contributed by atoms with Gasteiger partial charge in [0.25, 0.3) is 0 Å². The van der Waals surface area contributed by atoms with Crippen LogP contribution >= 0.6 is 0 Å². The van der Waals surface area contributed by atoms with Crippen LogP contribution in [0.2, 0.25) is 0 Å². The van der Waals surface area contributed by atoms with E-state index in [0.29, 0.717) is 11.3 Å². The molecule has 92 valence electrons. The zero-order valence-corrected chi connectivity index (χ0v) is 10.1. The fraction of sp³-hybridized carbons (Fsp3) is 0.133. The van der Waals surface area contributed by atoms with Crippen molar-refractivity contribution in [2.24, 2.45) is 0 Å². The number of ketones is 1. The summed E-state index contributed by atoms with van der Waals surface area (Å²) in [6.07, 6.45) is 0. The third-order valence-electron chi connectivity index (χ3n) is 2.74. The zero-order valence-electron chi connectivity index (χ0n) is 10.1. The maximum absolute atomic E-state index is 13.5. The second-order valence-electron chi connectivity index (χ2n) is 4.10. The molecule has 0 aliphatic heterocycles. The number of hydrogen-bond acceptors (Lipinski definition) is 2. The number of carbonyl (C=O) groups excluding carboxylic acids is 1. The van der Waals surface area contributed by atoms with E-state index in [-0.39, 0.29) is 18.1 Å². The quantitative estimate of drug-likeness (QED) is 0.769. The van der Waals surface area contributed by atoms with Crippen molar-refractivity contribution in [2.45, 2.75) is 0 Å². The molecule has 2 aromatic rings. The van der Waals surface area contributed by atoms with Gasteiger partial charge in [-0.1, -0.05) is 42.5 Å². The van der Waals surface area contributed by atoms with E-state index in [4.69, 9.17) is 0 Å². The van der Waals surface area contributed by atoms with Crippen LogP contribution in [0, 0.1) is 5.82 Å². The summed E-state index contributed by atoms with van der Waals surface area (Å²) in [5, 5.41) is 0. The van der Waals surface area contributed by atoms with Crippen molar-refractivity contribution in [1.82, 2.24) is 0 Å². The van der Waals surface area contributed by atoms with Gasteiger partial charge >= 0.3 is 0 Å². The second kappa shape index (κ2) is 5.45. The average molecular weight is 243 g/mol. The number of rotatable bonds is 4. The Morgan fingerprint density at radius 2 is 1.67 bits per heavy atom. The number of hydrogen-bond donors (Lipinski definition) is 0. The van der Waals surface area contributed by atoms with E-state index in [2.05, 4.69) is 0 Å². The number of anilines is 1. The lowest BCUT2D eigenvalue weighted by atomic mass is 10.1. The molecule has 3 heteroatoms. The molecule has 2 rings (SSSR count). The highest BCUT2D eigenvalue weighted by atomic mass is 19.1. The highest BCUT2D eigenvalue weighted by Crippen LogP contribution is 2.17. The van der Waals surface area contributed by atoms with E-state index < -0.39 is 0 Å². The average Bonchev–Trinajstić information content (AvgIpc) is 2.40. The van der Waals surface area contributed by atoms with Crippen molar-refractivity contribution in [1.29, 1.82) is 0 Å². The van der Waals surface area contributed by atoms with E-state index in [1.54, 1.807) is 42.3 Å². The summed E-state index contributed by atoms with van der Waals surface area (Å²) in [5.74, 6) is -0.345. The maximum atomic E-state index is 13.5. The first-order valence-corrected chi connectivity index (χ1v) is 5.72. The fourth-order valence-electron chi connectivity index (χ4n) is 1.78. The fourth-order valence-corrected chi connectivity index (χ4v) is 1.78. The number of halogens is 1. The van der Waals surface area contributed by atoms with Gasteiger partial charge in [-0.2, -0.15) is 0 Å². The monoisotopic (exact) mass is 243 g/mol. The van der Waals surface area contributed by atoms with E-state index in [9.17, 15) is 9.18 Å². The van der Waals surface area contributed by atoms with Crippen LogP contribution in [0.15, 0.2) is 54.6 Å². The van der Waals surface area contributed by atoms with Crippen LogP contribution in [-0.4, -0.2) is 19.4 Å². The predicted molar refractivity (Wildman–Crippen MR) is 70.4 cm³/mol. The Bertz CT molecular complexity index is 539. The van der Waals surface area contributed by atoms with Gasteiger partial charge in [0.2, 0.25) is 0 Å². The topological polar surface area (TPSA) is 20.3 Å². The molecular weight excluding hydrogens is 229 g/mol. The molecule has 0 saturated heterocycles. The molecular formula is C15H14FNO. The van der Waals surface area contributed by atoms with Crippen LogP contribution in [0.5, 0.6) is 0 Å². The molecule has 0 unspecified atom stereocenters. The number of nitrogens with zero attached hydrogens (tertiary/aromatic N) is 1. The smallest absolute Gasteiger partial charge is 0.182 e.